The van der Waals surface area contributed by atoms with E-state index in [1.165, 1.54) is 11.9 Å². The third-order valence-electron chi connectivity index (χ3n) is 5.03. The first-order chi connectivity index (χ1) is 16.1. The van der Waals surface area contributed by atoms with Crippen molar-refractivity contribution in [2.75, 3.05) is 31.3 Å². The normalized spacial score (nSPS) is 10.8. The number of nitrogens with one attached hydrogen (secondary N) is 2. The molecule has 0 radical (unpaired) electrons. The number of benzene rings is 2. The van der Waals surface area contributed by atoms with Gasteiger partial charge in [0.15, 0.2) is 0 Å². The molecule has 34 heavy (non-hydrogen) atoms. The Bertz CT molecular complexity index is 1220. The maximum Gasteiger partial charge on any atom is 0.322 e. The second kappa shape index (κ2) is 10.1. The number of amides is 3. The van der Waals surface area contributed by atoms with Crippen molar-refractivity contribution in [3.63, 3.8) is 0 Å². The van der Waals surface area contributed by atoms with Gasteiger partial charge < -0.3 is 20.3 Å². The molecular formula is C25H28N6O3. The minimum absolute atomic E-state index is 0.178. The fourth-order valence-electron chi connectivity index (χ4n) is 3.11. The highest BCUT2D eigenvalue weighted by Crippen LogP contribution is 2.27. The maximum atomic E-state index is 12.8. The second-order valence-corrected chi connectivity index (χ2v) is 8.80. The van der Waals surface area contributed by atoms with Gasteiger partial charge in [-0.15, -0.1) is 0 Å². The highest BCUT2D eigenvalue weighted by molar-refractivity contribution is 5.96. The van der Waals surface area contributed by atoms with Crippen LogP contribution in [-0.2, 0) is 10.2 Å². The summed E-state index contributed by atoms with van der Waals surface area (Å²) in [5, 5.41) is 19.2. The van der Waals surface area contributed by atoms with E-state index < -0.39 is 6.03 Å². The van der Waals surface area contributed by atoms with E-state index in [-0.39, 0.29) is 17.9 Å². The number of aromatic nitrogens is 2. The lowest BCUT2D eigenvalue weighted by atomic mass is 9.92. The first-order valence-corrected chi connectivity index (χ1v) is 10.7. The number of rotatable bonds is 6. The van der Waals surface area contributed by atoms with Crippen LogP contribution in [0.5, 0.6) is 5.75 Å². The van der Waals surface area contributed by atoms with Crippen LogP contribution in [0.15, 0.2) is 54.6 Å². The molecule has 9 nitrogen and oxygen atoms in total. The van der Waals surface area contributed by atoms with Crippen molar-refractivity contribution in [2.45, 2.75) is 26.2 Å². The van der Waals surface area contributed by atoms with Gasteiger partial charge in [-0.05, 0) is 42.5 Å². The van der Waals surface area contributed by atoms with E-state index in [1.807, 2.05) is 57.2 Å². The Kier molecular flexibility index (Phi) is 7.21. The zero-order chi connectivity index (χ0) is 24.9. The van der Waals surface area contributed by atoms with Crippen LogP contribution in [0.25, 0.3) is 5.69 Å². The molecule has 3 aromatic rings. The number of methoxy groups -OCH3 is 1. The monoisotopic (exact) mass is 460 g/mol. The Balaban J connectivity index is 1.74. The lowest BCUT2D eigenvalue weighted by molar-refractivity contribution is -0.116. The van der Waals surface area contributed by atoms with E-state index in [2.05, 4.69) is 15.7 Å². The van der Waals surface area contributed by atoms with Gasteiger partial charge in [0.1, 0.15) is 18.1 Å². The van der Waals surface area contributed by atoms with Crippen molar-refractivity contribution < 1.29 is 14.3 Å². The summed E-state index contributed by atoms with van der Waals surface area (Å²) in [4.78, 5) is 26.6. The van der Waals surface area contributed by atoms with E-state index in [4.69, 9.17) is 10.00 Å². The number of likely N-dealkylation sites (N-methyl/N-ethyl adjacent to an activating group) is 1. The van der Waals surface area contributed by atoms with E-state index in [0.29, 0.717) is 22.8 Å². The third kappa shape index (κ3) is 5.92. The minimum Gasteiger partial charge on any atom is -0.497 e. The lowest BCUT2D eigenvalue weighted by Crippen LogP contribution is -2.37. The Morgan fingerprint density at radius 1 is 1.12 bits per heavy atom. The lowest BCUT2D eigenvalue weighted by Gasteiger charge is -2.18. The Labute approximate surface area is 198 Å². The van der Waals surface area contributed by atoms with Gasteiger partial charge in [-0.25, -0.2) is 9.48 Å². The molecule has 0 atom stereocenters. The quantitative estimate of drug-likeness (QED) is 0.574. The van der Waals surface area contributed by atoms with Crippen LogP contribution in [-0.4, -0.2) is 47.3 Å². The van der Waals surface area contributed by atoms with Crippen molar-refractivity contribution in [2.24, 2.45) is 0 Å². The molecule has 0 bridgehead atoms. The molecule has 3 rings (SSSR count). The zero-order valence-electron chi connectivity index (χ0n) is 19.9. The molecule has 3 amide bonds. The van der Waals surface area contributed by atoms with Crippen molar-refractivity contribution in [1.29, 1.82) is 5.26 Å². The number of hydrogen-bond donors (Lipinski definition) is 2. The summed E-state index contributed by atoms with van der Waals surface area (Å²) in [6, 6.07) is 17.3. The van der Waals surface area contributed by atoms with Gasteiger partial charge in [0.2, 0.25) is 5.91 Å². The van der Waals surface area contributed by atoms with Crippen molar-refractivity contribution in [3.05, 3.63) is 65.9 Å². The van der Waals surface area contributed by atoms with Crippen LogP contribution in [0.3, 0.4) is 0 Å². The van der Waals surface area contributed by atoms with Gasteiger partial charge in [0, 0.05) is 24.2 Å². The molecular weight excluding hydrogens is 432 g/mol. The first-order valence-electron chi connectivity index (χ1n) is 10.7. The number of hydrogen-bond acceptors (Lipinski definition) is 5. The molecule has 1 aromatic heterocycles. The van der Waals surface area contributed by atoms with Crippen LogP contribution < -0.4 is 15.4 Å². The fourth-order valence-corrected chi connectivity index (χ4v) is 3.11. The first kappa shape index (κ1) is 24.3. The summed E-state index contributed by atoms with van der Waals surface area (Å²) < 4.78 is 6.88. The van der Waals surface area contributed by atoms with Gasteiger partial charge >= 0.3 is 6.03 Å². The van der Waals surface area contributed by atoms with Gasteiger partial charge in [-0.3, -0.25) is 4.79 Å². The van der Waals surface area contributed by atoms with Crippen molar-refractivity contribution in [1.82, 2.24) is 14.7 Å². The van der Waals surface area contributed by atoms with E-state index in [0.717, 1.165) is 11.4 Å². The number of carbonyl (C=O) groups excluding carboxylic acids is 2. The number of urea groups is 1. The fraction of sp³-hybridized carbons (Fsp3) is 0.280. The van der Waals surface area contributed by atoms with Crippen LogP contribution in [0.2, 0.25) is 0 Å². The van der Waals surface area contributed by atoms with Gasteiger partial charge in [0.05, 0.1) is 30.1 Å². The SMILES string of the molecule is COc1ccc(-n2nc(C(C)(C)C)cc2NC(=O)CN(C)C(=O)Nc2cccc(C#N)c2)cc1. The van der Waals surface area contributed by atoms with E-state index >= 15 is 0 Å². The molecule has 9 heteroatoms. The van der Waals surface area contributed by atoms with Gasteiger partial charge in [-0.1, -0.05) is 26.8 Å². The zero-order valence-corrected chi connectivity index (χ0v) is 19.9. The summed E-state index contributed by atoms with van der Waals surface area (Å²) in [6.07, 6.45) is 0. The Morgan fingerprint density at radius 2 is 1.82 bits per heavy atom. The number of carbonyl (C=O) groups is 2. The molecule has 0 saturated carbocycles. The average molecular weight is 461 g/mol. The second-order valence-electron chi connectivity index (χ2n) is 8.80. The topological polar surface area (TPSA) is 112 Å². The largest absolute Gasteiger partial charge is 0.497 e. The Morgan fingerprint density at radius 3 is 2.44 bits per heavy atom. The molecule has 2 aromatic carbocycles. The maximum absolute atomic E-state index is 12.8. The molecule has 0 spiro atoms. The van der Waals surface area contributed by atoms with Crippen molar-refractivity contribution >= 4 is 23.4 Å². The number of nitrogens with zero attached hydrogens (tertiary/aromatic N) is 4. The highest BCUT2D eigenvalue weighted by atomic mass is 16.5. The van der Waals surface area contributed by atoms with Gasteiger partial charge in [-0.2, -0.15) is 10.4 Å². The molecule has 0 aliphatic rings. The summed E-state index contributed by atoms with van der Waals surface area (Å²) in [7, 11) is 3.11. The number of anilines is 2. The molecule has 176 valence electrons. The predicted molar refractivity (Wildman–Crippen MR) is 130 cm³/mol. The smallest absolute Gasteiger partial charge is 0.322 e. The third-order valence-corrected chi connectivity index (χ3v) is 5.03. The van der Waals surface area contributed by atoms with Gasteiger partial charge in [0.25, 0.3) is 0 Å². The minimum atomic E-state index is -0.468. The van der Waals surface area contributed by atoms with Crippen molar-refractivity contribution in [3.8, 4) is 17.5 Å². The average Bonchev–Trinajstić information content (AvgIpc) is 3.23. The molecule has 0 saturated heterocycles. The predicted octanol–water partition coefficient (Wildman–Crippen LogP) is 4.15. The summed E-state index contributed by atoms with van der Waals surface area (Å²) in [6.45, 7) is 5.94. The number of ether oxygens (including phenoxy) is 1. The molecule has 0 fully saturated rings. The van der Waals surface area contributed by atoms with Crippen LogP contribution >= 0.6 is 0 Å². The summed E-state index contributed by atoms with van der Waals surface area (Å²) in [5.74, 6) is 0.833. The summed E-state index contributed by atoms with van der Waals surface area (Å²) >= 11 is 0. The van der Waals surface area contributed by atoms with Crippen LogP contribution in [0.1, 0.15) is 32.0 Å². The Hall–Kier alpha value is -4.32. The molecule has 0 aliphatic carbocycles. The van der Waals surface area contributed by atoms with Crippen LogP contribution in [0, 0.1) is 11.3 Å². The van der Waals surface area contributed by atoms with E-state index in [9.17, 15) is 9.59 Å². The molecule has 0 aliphatic heterocycles. The standard InChI is InChI=1S/C25H28N6O3/c1-25(2,3)21-14-22(31(29-21)19-9-11-20(34-5)12-10-19)28-23(32)16-30(4)24(33)27-18-8-6-7-17(13-18)15-26/h6-14H,16H2,1-5H3,(H,27,33)(H,28,32). The molecule has 2 N–H and O–H groups in total. The van der Waals surface area contributed by atoms with Crippen LogP contribution in [0.4, 0.5) is 16.3 Å². The number of nitriles is 1. The summed E-state index contributed by atoms with van der Waals surface area (Å²) in [5.41, 5.74) is 2.24. The molecule has 0 unspecified atom stereocenters. The highest BCUT2D eigenvalue weighted by Gasteiger charge is 2.22. The van der Waals surface area contributed by atoms with E-state index in [1.54, 1.807) is 36.1 Å². The molecule has 1 heterocycles.